The molecular weight excluding hydrogens is 463 g/mol. The fourth-order valence-electron chi connectivity index (χ4n) is 1.98. The molecule has 0 radical (unpaired) electrons. The van der Waals surface area contributed by atoms with Gasteiger partial charge in [-0.3, -0.25) is 4.79 Å². The molecule has 0 saturated heterocycles. The zero-order chi connectivity index (χ0) is 15.0. The number of thiophene rings is 1. The van der Waals surface area contributed by atoms with E-state index in [9.17, 15) is 4.79 Å². The predicted molar refractivity (Wildman–Crippen MR) is 101 cm³/mol. The van der Waals surface area contributed by atoms with Crippen LogP contribution in [0.1, 0.15) is 9.67 Å². The lowest BCUT2D eigenvalue weighted by Gasteiger charge is -2.04. The van der Waals surface area contributed by atoms with Crippen molar-refractivity contribution in [1.82, 2.24) is 0 Å². The van der Waals surface area contributed by atoms with Crippen LogP contribution < -0.4 is 11.1 Å². The molecule has 106 valence electrons. The number of hydrogen-bond donors (Lipinski definition) is 2. The van der Waals surface area contributed by atoms with E-state index in [1.165, 1.54) is 11.3 Å². The van der Waals surface area contributed by atoms with E-state index >= 15 is 0 Å². The van der Waals surface area contributed by atoms with E-state index in [1.54, 1.807) is 0 Å². The second-order valence-electron chi connectivity index (χ2n) is 4.45. The molecule has 6 heteroatoms. The second-order valence-corrected chi connectivity index (χ2v) is 7.66. The van der Waals surface area contributed by atoms with Gasteiger partial charge in [0.25, 0.3) is 5.91 Å². The summed E-state index contributed by atoms with van der Waals surface area (Å²) >= 11 is 7.05. The van der Waals surface area contributed by atoms with Crippen LogP contribution in [-0.2, 0) is 0 Å². The minimum atomic E-state index is -0.175. The van der Waals surface area contributed by atoms with Gasteiger partial charge in [0.05, 0.1) is 5.69 Å². The summed E-state index contributed by atoms with van der Waals surface area (Å²) in [5.41, 5.74) is 7.40. The summed E-state index contributed by atoms with van der Waals surface area (Å²) in [6.45, 7) is 0. The third-order valence-corrected chi connectivity index (χ3v) is 5.39. The van der Waals surface area contributed by atoms with Crippen LogP contribution in [0, 0.1) is 3.57 Å². The highest BCUT2D eigenvalue weighted by Crippen LogP contribution is 2.35. The number of hydrogen-bond acceptors (Lipinski definition) is 3. The summed E-state index contributed by atoms with van der Waals surface area (Å²) in [5, 5.41) is 3.78. The maximum atomic E-state index is 12.4. The zero-order valence-corrected chi connectivity index (χ0v) is 15.3. The minimum Gasteiger partial charge on any atom is -0.397 e. The molecule has 0 spiro atoms. The SMILES string of the molecule is Nc1c(C(=O)Nc2ccc(I)cc2)sc2ccc(Br)cc12. The van der Waals surface area contributed by atoms with Crippen LogP contribution in [0.4, 0.5) is 11.4 Å². The first-order valence-electron chi connectivity index (χ1n) is 6.09. The fraction of sp³-hybridized carbons (Fsp3) is 0. The molecule has 1 amide bonds. The average molecular weight is 473 g/mol. The van der Waals surface area contributed by atoms with E-state index < -0.39 is 0 Å². The monoisotopic (exact) mass is 472 g/mol. The van der Waals surface area contributed by atoms with Crippen LogP contribution in [0.2, 0.25) is 0 Å². The molecule has 0 bridgehead atoms. The van der Waals surface area contributed by atoms with Crippen LogP contribution in [0.3, 0.4) is 0 Å². The molecule has 3 aromatic rings. The van der Waals surface area contributed by atoms with Gasteiger partial charge in [-0.2, -0.15) is 0 Å². The summed E-state index contributed by atoms with van der Waals surface area (Å²) in [7, 11) is 0. The number of carbonyl (C=O) groups is 1. The van der Waals surface area contributed by atoms with E-state index in [-0.39, 0.29) is 5.91 Å². The number of nitrogens with two attached hydrogens (primary N) is 1. The van der Waals surface area contributed by atoms with Crippen molar-refractivity contribution in [2.24, 2.45) is 0 Å². The normalized spacial score (nSPS) is 10.8. The van der Waals surface area contributed by atoms with Crippen molar-refractivity contribution in [3.05, 3.63) is 55.4 Å². The molecule has 0 atom stereocenters. The van der Waals surface area contributed by atoms with Gasteiger partial charge in [0, 0.05) is 23.8 Å². The Morgan fingerprint density at radius 3 is 2.62 bits per heavy atom. The van der Waals surface area contributed by atoms with Crippen molar-refractivity contribution in [2.45, 2.75) is 0 Å². The molecule has 1 heterocycles. The molecule has 3 N–H and O–H groups in total. The Labute approximate surface area is 147 Å². The van der Waals surface area contributed by atoms with E-state index in [1.807, 2.05) is 42.5 Å². The summed E-state index contributed by atoms with van der Waals surface area (Å²) in [5.74, 6) is -0.175. The summed E-state index contributed by atoms with van der Waals surface area (Å²) in [6.07, 6.45) is 0. The lowest BCUT2D eigenvalue weighted by Crippen LogP contribution is -2.11. The van der Waals surface area contributed by atoms with Gasteiger partial charge < -0.3 is 11.1 Å². The largest absolute Gasteiger partial charge is 0.397 e. The Morgan fingerprint density at radius 2 is 1.90 bits per heavy atom. The van der Waals surface area contributed by atoms with Crippen molar-refractivity contribution in [3.63, 3.8) is 0 Å². The van der Waals surface area contributed by atoms with Crippen molar-refractivity contribution in [1.29, 1.82) is 0 Å². The number of halogens is 2. The van der Waals surface area contributed by atoms with E-state index in [2.05, 4.69) is 43.8 Å². The topological polar surface area (TPSA) is 55.1 Å². The Bertz CT molecular complexity index is 830. The van der Waals surface area contributed by atoms with Crippen LogP contribution in [0.15, 0.2) is 46.9 Å². The number of nitrogen functional groups attached to an aromatic ring is 1. The summed E-state index contributed by atoms with van der Waals surface area (Å²) in [4.78, 5) is 12.9. The molecule has 0 fully saturated rings. The average Bonchev–Trinajstić information content (AvgIpc) is 2.79. The van der Waals surface area contributed by atoms with E-state index in [4.69, 9.17) is 5.73 Å². The van der Waals surface area contributed by atoms with Gasteiger partial charge in [-0.15, -0.1) is 11.3 Å². The standard InChI is InChI=1S/C15H10BrIN2OS/c16-8-1-6-12-11(7-8)13(18)14(21-12)15(20)19-10-4-2-9(17)3-5-10/h1-7H,18H2,(H,19,20). The van der Waals surface area contributed by atoms with Crippen molar-refractivity contribution in [2.75, 3.05) is 11.1 Å². The summed E-state index contributed by atoms with van der Waals surface area (Å²) < 4.78 is 3.07. The Balaban J connectivity index is 1.94. The minimum absolute atomic E-state index is 0.175. The molecule has 21 heavy (non-hydrogen) atoms. The molecule has 3 nitrogen and oxygen atoms in total. The summed E-state index contributed by atoms with van der Waals surface area (Å²) in [6, 6.07) is 13.5. The molecular formula is C15H10BrIN2OS. The highest BCUT2D eigenvalue weighted by atomic mass is 127. The first kappa shape index (κ1) is 14.8. The van der Waals surface area contributed by atoms with Gasteiger partial charge in [-0.1, -0.05) is 15.9 Å². The maximum absolute atomic E-state index is 12.4. The van der Waals surface area contributed by atoms with Gasteiger partial charge in [-0.25, -0.2) is 0 Å². The Morgan fingerprint density at radius 1 is 1.19 bits per heavy atom. The number of amides is 1. The number of carbonyl (C=O) groups excluding carboxylic acids is 1. The Kier molecular flexibility index (Phi) is 4.19. The highest BCUT2D eigenvalue weighted by molar-refractivity contribution is 14.1. The third-order valence-electron chi connectivity index (χ3n) is 3.00. The van der Waals surface area contributed by atoms with Crippen molar-refractivity contribution >= 4 is 77.2 Å². The predicted octanol–water partition coefficient (Wildman–Crippen LogP) is 5.10. The van der Waals surface area contributed by atoms with Gasteiger partial charge in [0.15, 0.2) is 0 Å². The van der Waals surface area contributed by atoms with Crippen molar-refractivity contribution in [3.8, 4) is 0 Å². The van der Waals surface area contributed by atoms with Crippen LogP contribution in [-0.4, -0.2) is 5.91 Å². The zero-order valence-electron chi connectivity index (χ0n) is 10.7. The fourth-order valence-corrected chi connectivity index (χ4v) is 3.70. The quantitative estimate of drug-likeness (QED) is 0.509. The number of rotatable bonds is 2. The highest BCUT2D eigenvalue weighted by Gasteiger charge is 2.16. The van der Waals surface area contributed by atoms with Gasteiger partial charge in [0.2, 0.25) is 0 Å². The molecule has 0 aliphatic rings. The number of benzene rings is 2. The number of anilines is 2. The molecule has 0 unspecified atom stereocenters. The van der Waals surface area contributed by atoms with E-state index in [0.717, 1.165) is 23.8 Å². The van der Waals surface area contributed by atoms with Crippen LogP contribution >= 0.6 is 49.9 Å². The molecule has 3 rings (SSSR count). The lowest BCUT2D eigenvalue weighted by molar-refractivity contribution is 0.103. The van der Waals surface area contributed by atoms with Gasteiger partial charge >= 0.3 is 0 Å². The smallest absolute Gasteiger partial charge is 0.267 e. The van der Waals surface area contributed by atoms with Gasteiger partial charge in [0.1, 0.15) is 4.88 Å². The molecule has 0 aliphatic carbocycles. The molecule has 1 aromatic heterocycles. The number of fused-ring (bicyclic) bond motifs is 1. The van der Waals surface area contributed by atoms with Crippen LogP contribution in [0.25, 0.3) is 10.1 Å². The third kappa shape index (κ3) is 3.07. The van der Waals surface area contributed by atoms with Crippen molar-refractivity contribution < 1.29 is 4.79 Å². The number of nitrogens with one attached hydrogen (secondary N) is 1. The van der Waals surface area contributed by atoms with E-state index in [0.29, 0.717) is 10.6 Å². The lowest BCUT2D eigenvalue weighted by atomic mass is 10.2. The maximum Gasteiger partial charge on any atom is 0.267 e. The Hall–Kier alpha value is -1.12. The first-order valence-corrected chi connectivity index (χ1v) is 8.78. The second kappa shape index (κ2) is 5.94. The molecule has 2 aromatic carbocycles. The van der Waals surface area contributed by atoms with Crippen LogP contribution in [0.5, 0.6) is 0 Å². The van der Waals surface area contributed by atoms with Gasteiger partial charge in [-0.05, 0) is 65.1 Å². The first-order chi connectivity index (χ1) is 10.0. The molecule has 0 aliphatic heterocycles. The molecule has 0 saturated carbocycles.